The highest BCUT2D eigenvalue weighted by Crippen LogP contribution is 2.20. The minimum atomic E-state index is -0.0891. The molecule has 0 spiro atoms. The summed E-state index contributed by atoms with van der Waals surface area (Å²) in [6.07, 6.45) is 1.55. The van der Waals surface area contributed by atoms with E-state index in [0.29, 0.717) is 0 Å². The average molecular weight is 317 g/mol. The monoisotopic (exact) mass is 317 g/mol. The normalized spacial score (nSPS) is 15.3. The van der Waals surface area contributed by atoms with Crippen molar-refractivity contribution in [2.24, 2.45) is 0 Å². The standard InChI is InChI=1S/C12H9NOS.C5H10O2/c1-2-6-10-9(5-1)13-15-12-8-4-3-7-11(12)14-10;6-5-1-3-7-4-2-5/h1-8,13H;5-6H,1-4H2. The third-order valence-electron chi connectivity index (χ3n) is 3.42. The van der Waals surface area contributed by atoms with Gasteiger partial charge < -0.3 is 18.6 Å². The lowest BCUT2D eigenvalue weighted by Gasteiger charge is -2.15. The Hall–Kier alpha value is -1.82. The SMILES string of the molecule is OC1CCOCC1.c1ccc2oc3ccccc3s[nH]c2c1. The highest BCUT2D eigenvalue weighted by molar-refractivity contribution is 7.12. The number of aromatic nitrogens is 1. The smallest absolute Gasteiger partial charge is 0.151 e. The van der Waals surface area contributed by atoms with Crippen molar-refractivity contribution in [1.29, 1.82) is 0 Å². The molecule has 1 fully saturated rings. The number of ether oxygens (including phenoxy) is 1. The molecule has 1 aromatic heterocycles. The molecule has 0 bridgehead atoms. The Balaban J connectivity index is 0.000000174. The van der Waals surface area contributed by atoms with Crippen LogP contribution in [-0.2, 0) is 4.74 Å². The molecule has 0 saturated carbocycles. The van der Waals surface area contributed by atoms with Crippen LogP contribution in [0.4, 0.5) is 0 Å². The van der Waals surface area contributed by atoms with Crippen LogP contribution in [0.3, 0.4) is 0 Å². The van der Waals surface area contributed by atoms with Crippen molar-refractivity contribution in [3.05, 3.63) is 48.5 Å². The minimum Gasteiger partial charge on any atom is -0.454 e. The first-order valence-electron chi connectivity index (χ1n) is 7.37. The number of hydrogen-bond acceptors (Lipinski definition) is 4. The topological polar surface area (TPSA) is 58.4 Å². The Morgan fingerprint density at radius 1 is 0.955 bits per heavy atom. The molecule has 3 aromatic rings. The minimum absolute atomic E-state index is 0.0891. The molecular weight excluding hydrogens is 298 g/mol. The highest BCUT2D eigenvalue weighted by atomic mass is 32.1. The first-order valence-corrected chi connectivity index (χ1v) is 8.19. The van der Waals surface area contributed by atoms with Gasteiger partial charge in [-0.2, -0.15) is 0 Å². The first-order chi connectivity index (χ1) is 10.8. The zero-order chi connectivity index (χ0) is 15.2. The van der Waals surface area contributed by atoms with Gasteiger partial charge in [-0.25, -0.2) is 0 Å². The van der Waals surface area contributed by atoms with Crippen molar-refractivity contribution in [3.8, 4) is 0 Å². The summed E-state index contributed by atoms with van der Waals surface area (Å²) in [5, 5.41) is 8.83. The van der Waals surface area contributed by atoms with Crippen molar-refractivity contribution in [2.45, 2.75) is 18.9 Å². The van der Waals surface area contributed by atoms with Crippen LogP contribution in [0, 0.1) is 0 Å². The van der Waals surface area contributed by atoms with Crippen molar-refractivity contribution in [1.82, 2.24) is 4.37 Å². The van der Waals surface area contributed by atoms with Gasteiger partial charge >= 0.3 is 0 Å². The number of aliphatic hydroxyl groups is 1. The quantitative estimate of drug-likeness (QED) is 0.651. The van der Waals surface area contributed by atoms with E-state index < -0.39 is 0 Å². The molecule has 0 unspecified atom stereocenters. The van der Waals surface area contributed by atoms with Gasteiger partial charge in [-0.15, -0.1) is 0 Å². The third kappa shape index (κ3) is 3.88. The second-order valence-corrected chi connectivity index (χ2v) is 5.94. The van der Waals surface area contributed by atoms with Gasteiger partial charge in [-0.1, -0.05) is 35.8 Å². The van der Waals surface area contributed by atoms with Gasteiger partial charge in [0.25, 0.3) is 0 Å². The van der Waals surface area contributed by atoms with E-state index >= 15 is 0 Å². The summed E-state index contributed by atoms with van der Waals surface area (Å²) in [5.41, 5.74) is 2.79. The summed E-state index contributed by atoms with van der Waals surface area (Å²) in [6, 6.07) is 15.9. The van der Waals surface area contributed by atoms with E-state index in [1.54, 1.807) is 11.5 Å². The van der Waals surface area contributed by atoms with Crippen LogP contribution < -0.4 is 0 Å². The summed E-state index contributed by atoms with van der Waals surface area (Å²) in [4.78, 5) is 0. The molecule has 4 nitrogen and oxygen atoms in total. The van der Waals surface area contributed by atoms with Gasteiger partial charge in [-0.3, -0.25) is 0 Å². The van der Waals surface area contributed by atoms with Gasteiger partial charge in [0.15, 0.2) is 5.58 Å². The van der Waals surface area contributed by atoms with Crippen LogP contribution >= 0.6 is 11.5 Å². The van der Waals surface area contributed by atoms with E-state index in [2.05, 4.69) is 4.37 Å². The van der Waals surface area contributed by atoms with Crippen molar-refractivity contribution < 1.29 is 14.3 Å². The van der Waals surface area contributed by atoms with E-state index in [-0.39, 0.29) is 6.10 Å². The number of hydrogen-bond donors (Lipinski definition) is 2. The predicted octanol–water partition coefficient (Wildman–Crippen LogP) is 4.26. The van der Waals surface area contributed by atoms with Gasteiger partial charge in [0.1, 0.15) is 5.58 Å². The third-order valence-corrected chi connectivity index (χ3v) is 4.30. The number of aliphatic hydroxyl groups excluding tert-OH is 1. The lowest BCUT2D eigenvalue weighted by atomic mass is 10.2. The fourth-order valence-corrected chi connectivity index (χ4v) is 2.92. The Bertz CT molecular complexity index is 711. The molecule has 0 aliphatic carbocycles. The van der Waals surface area contributed by atoms with Gasteiger partial charge in [0, 0.05) is 13.2 Å². The molecule has 1 aliphatic rings. The van der Waals surface area contributed by atoms with Crippen LogP contribution in [0.25, 0.3) is 21.4 Å². The molecule has 4 rings (SSSR count). The second-order valence-electron chi connectivity index (χ2n) is 5.09. The summed E-state index contributed by atoms with van der Waals surface area (Å²) in [6.45, 7) is 1.47. The summed E-state index contributed by atoms with van der Waals surface area (Å²) in [7, 11) is 0. The maximum Gasteiger partial charge on any atom is 0.151 e. The van der Waals surface area contributed by atoms with Crippen molar-refractivity contribution in [2.75, 3.05) is 13.2 Å². The fourth-order valence-electron chi connectivity index (χ4n) is 2.17. The molecule has 0 atom stereocenters. The lowest BCUT2D eigenvalue weighted by molar-refractivity contribution is 0.0140. The van der Waals surface area contributed by atoms with E-state index in [1.165, 1.54) is 0 Å². The second kappa shape index (κ2) is 7.45. The number of H-pyrrole nitrogens is 1. The summed E-state index contributed by atoms with van der Waals surface area (Å²) >= 11 is 1.58. The number of nitrogens with one attached hydrogen (secondary N) is 1. The number of benzene rings is 2. The van der Waals surface area contributed by atoms with Crippen molar-refractivity contribution >= 4 is 32.9 Å². The maximum atomic E-state index is 8.83. The fraction of sp³-hybridized carbons (Fsp3) is 0.294. The molecule has 2 heterocycles. The van der Waals surface area contributed by atoms with Crippen LogP contribution in [-0.4, -0.2) is 28.8 Å². The molecule has 0 amide bonds. The largest absolute Gasteiger partial charge is 0.454 e. The van der Waals surface area contributed by atoms with Gasteiger partial charge in [-0.05, 0) is 37.1 Å². The van der Waals surface area contributed by atoms with E-state index in [4.69, 9.17) is 14.3 Å². The molecule has 2 N–H and O–H groups in total. The molecule has 1 aliphatic heterocycles. The number of aromatic amines is 1. The lowest BCUT2D eigenvalue weighted by Crippen LogP contribution is -2.19. The van der Waals surface area contributed by atoms with Crippen LogP contribution in [0.1, 0.15) is 12.8 Å². The number of rotatable bonds is 0. The first kappa shape index (κ1) is 15.1. The Kier molecular flexibility index (Phi) is 5.11. The zero-order valence-corrected chi connectivity index (χ0v) is 13.0. The van der Waals surface area contributed by atoms with Gasteiger partial charge in [0.05, 0.1) is 16.3 Å². The molecule has 116 valence electrons. The zero-order valence-electron chi connectivity index (χ0n) is 12.2. The van der Waals surface area contributed by atoms with Crippen LogP contribution in [0.15, 0.2) is 52.9 Å². The Morgan fingerprint density at radius 2 is 1.64 bits per heavy atom. The molecule has 1 saturated heterocycles. The number of fused-ring (bicyclic) bond motifs is 2. The average Bonchev–Trinajstić information content (AvgIpc) is 2.75. The van der Waals surface area contributed by atoms with Crippen LogP contribution in [0.2, 0.25) is 0 Å². The molecule has 5 heteroatoms. The van der Waals surface area contributed by atoms with E-state index in [9.17, 15) is 0 Å². The molecular formula is C17H19NO3S. The van der Waals surface area contributed by atoms with E-state index in [1.807, 2.05) is 48.5 Å². The molecule has 0 radical (unpaired) electrons. The number of para-hydroxylation sites is 3. The summed E-state index contributed by atoms with van der Waals surface area (Å²) in [5.74, 6) is 0. The summed E-state index contributed by atoms with van der Waals surface area (Å²) < 4.78 is 15.2. The van der Waals surface area contributed by atoms with E-state index in [0.717, 1.165) is 47.4 Å². The Morgan fingerprint density at radius 3 is 2.36 bits per heavy atom. The molecule has 22 heavy (non-hydrogen) atoms. The van der Waals surface area contributed by atoms with Crippen molar-refractivity contribution in [3.63, 3.8) is 0 Å². The predicted molar refractivity (Wildman–Crippen MR) is 89.6 cm³/mol. The van der Waals surface area contributed by atoms with Crippen LogP contribution in [0.5, 0.6) is 0 Å². The highest BCUT2D eigenvalue weighted by Gasteiger charge is 2.07. The maximum absolute atomic E-state index is 8.83. The molecule has 2 aromatic carbocycles. The Labute approximate surface area is 132 Å². The van der Waals surface area contributed by atoms with Gasteiger partial charge in [0.2, 0.25) is 0 Å².